The molecule has 0 heterocycles. The van der Waals surface area contributed by atoms with Crippen molar-refractivity contribution < 1.29 is 8.42 Å². The number of sulfone groups is 1. The second-order valence-corrected chi connectivity index (χ2v) is 8.86. The molecule has 20 heavy (non-hydrogen) atoms. The monoisotopic (exact) mass is 304 g/mol. The minimum atomic E-state index is -2.88. The number of nitrogens with one attached hydrogen (secondary N) is 1. The fraction of sp³-hybridized carbons (Fsp3) is 1.00. The molecule has 0 aromatic carbocycles. The summed E-state index contributed by atoms with van der Waals surface area (Å²) >= 11 is 0. The Morgan fingerprint density at radius 3 is 2.55 bits per heavy atom. The topological polar surface area (TPSA) is 49.4 Å². The van der Waals surface area contributed by atoms with Crippen LogP contribution in [0.15, 0.2) is 0 Å². The largest absolute Gasteiger partial charge is 0.314 e. The Hall–Kier alpha value is -0.130. The highest BCUT2D eigenvalue weighted by Gasteiger charge is 2.32. The van der Waals surface area contributed by atoms with Crippen LogP contribution < -0.4 is 5.32 Å². The van der Waals surface area contributed by atoms with Crippen LogP contribution in [0.5, 0.6) is 0 Å². The summed E-state index contributed by atoms with van der Waals surface area (Å²) in [7, 11) is 1.31. The van der Waals surface area contributed by atoms with E-state index in [-0.39, 0.29) is 5.25 Å². The van der Waals surface area contributed by atoms with Crippen molar-refractivity contribution in [1.82, 2.24) is 10.2 Å². The van der Waals surface area contributed by atoms with Crippen LogP contribution in [0.2, 0.25) is 0 Å². The van der Waals surface area contributed by atoms with Gasteiger partial charge in [0.2, 0.25) is 0 Å². The second kappa shape index (κ2) is 8.35. The lowest BCUT2D eigenvalue weighted by Crippen LogP contribution is -2.42. The van der Waals surface area contributed by atoms with E-state index >= 15 is 0 Å². The molecule has 1 fully saturated rings. The molecule has 4 nitrogen and oxygen atoms in total. The Morgan fingerprint density at radius 1 is 1.30 bits per heavy atom. The summed E-state index contributed by atoms with van der Waals surface area (Å²) in [4.78, 5) is 2.21. The summed E-state index contributed by atoms with van der Waals surface area (Å²) in [5.41, 5.74) is 0. The zero-order valence-electron chi connectivity index (χ0n) is 13.6. The Morgan fingerprint density at radius 2 is 2.00 bits per heavy atom. The summed E-state index contributed by atoms with van der Waals surface area (Å²) in [6, 6.07) is 0.460. The minimum Gasteiger partial charge on any atom is -0.314 e. The van der Waals surface area contributed by atoms with E-state index in [1.807, 2.05) is 0 Å². The fourth-order valence-electron chi connectivity index (χ4n) is 3.17. The molecule has 0 bridgehead atoms. The highest BCUT2D eigenvalue weighted by Crippen LogP contribution is 2.31. The van der Waals surface area contributed by atoms with Gasteiger partial charge in [0, 0.05) is 12.3 Å². The van der Waals surface area contributed by atoms with E-state index < -0.39 is 9.84 Å². The lowest BCUT2D eigenvalue weighted by Gasteiger charge is -2.35. The van der Waals surface area contributed by atoms with Gasteiger partial charge in [-0.25, -0.2) is 8.42 Å². The molecule has 1 aliphatic rings. The highest BCUT2D eigenvalue weighted by atomic mass is 32.2. The van der Waals surface area contributed by atoms with E-state index in [0.717, 1.165) is 45.2 Å². The molecule has 1 saturated carbocycles. The number of nitrogens with zero attached hydrogens (tertiary/aromatic N) is 1. The van der Waals surface area contributed by atoms with Crippen LogP contribution in [-0.4, -0.2) is 58.1 Å². The standard InChI is InChI=1S/C15H32N2O2S/c1-5-10-16-15(9-11-17(2)3)13-7-6-8-14(12-13)20(4,18)19/h13-16H,5-12H2,1-4H3. The normalized spacial score (nSPS) is 25.9. The van der Waals surface area contributed by atoms with E-state index in [1.54, 1.807) is 0 Å². The first kappa shape index (κ1) is 17.9. The first-order valence-electron chi connectivity index (χ1n) is 7.91. The maximum Gasteiger partial charge on any atom is 0.150 e. The van der Waals surface area contributed by atoms with Crippen LogP contribution in [0.3, 0.4) is 0 Å². The molecule has 0 aromatic heterocycles. The zero-order valence-corrected chi connectivity index (χ0v) is 14.4. The molecule has 3 unspecified atom stereocenters. The van der Waals surface area contributed by atoms with E-state index in [2.05, 4.69) is 31.2 Å². The molecule has 0 saturated heterocycles. The molecule has 0 amide bonds. The molecule has 3 atom stereocenters. The van der Waals surface area contributed by atoms with E-state index in [1.165, 1.54) is 12.7 Å². The Balaban J connectivity index is 2.63. The van der Waals surface area contributed by atoms with Crippen molar-refractivity contribution in [1.29, 1.82) is 0 Å². The van der Waals surface area contributed by atoms with Gasteiger partial charge < -0.3 is 10.2 Å². The van der Waals surface area contributed by atoms with Crippen molar-refractivity contribution >= 4 is 9.84 Å². The predicted molar refractivity (Wildman–Crippen MR) is 85.8 cm³/mol. The van der Waals surface area contributed by atoms with Crippen molar-refractivity contribution in [2.45, 2.75) is 56.7 Å². The molecule has 0 aliphatic heterocycles. The van der Waals surface area contributed by atoms with Gasteiger partial charge in [-0.3, -0.25) is 0 Å². The van der Waals surface area contributed by atoms with Crippen molar-refractivity contribution in [3.05, 3.63) is 0 Å². The van der Waals surface area contributed by atoms with E-state index in [4.69, 9.17) is 0 Å². The van der Waals surface area contributed by atoms with Gasteiger partial charge in [-0.05, 0) is 65.2 Å². The summed E-state index contributed by atoms with van der Waals surface area (Å²) in [5.74, 6) is 0.509. The van der Waals surface area contributed by atoms with Crippen molar-refractivity contribution in [3.8, 4) is 0 Å². The first-order chi connectivity index (χ1) is 9.34. The maximum atomic E-state index is 11.8. The highest BCUT2D eigenvalue weighted by molar-refractivity contribution is 7.91. The van der Waals surface area contributed by atoms with Crippen LogP contribution >= 0.6 is 0 Å². The average Bonchev–Trinajstić information content (AvgIpc) is 2.38. The molecule has 0 spiro atoms. The zero-order chi connectivity index (χ0) is 15.2. The smallest absolute Gasteiger partial charge is 0.150 e. The lowest BCUT2D eigenvalue weighted by molar-refractivity contribution is 0.241. The summed E-state index contributed by atoms with van der Waals surface area (Å²) in [5, 5.41) is 3.53. The van der Waals surface area contributed by atoms with Crippen LogP contribution in [0, 0.1) is 5.92 Å². The summed E-state index contributed by atoms with van der Waals surface area (Å²) < 4.78 is 23.6. The number of rotatable bonds is 8. The third-order valence-corrected chi connectivity index (χ3v) is 6.02. The minimum absolute atomic E-state index is 0.119. The molecule has 120 valence electrons. The molecule has 1 rings (SSSR count). The quantitative estimate of drug-likeness (QED) is 0.744. The Labute approximate surface area is 125 Å². The van der Waals surface area contributed by atoms with Gasteiger partial charge in [0.25, 0.3) is 0 Å². The first-order valence-corrected chi connectivity index (χ1v) is 9.87. The third kappa shape index (κ3) is 6.10. The second-order valence-electron chi connectivity index (χ2n) is 6.53. The fourth-order valence-corrected chi connectivity index (χ4v) is 4.36. The van der Waals surface area contributed by atoms with Gasteiger partial charge in [0.1, 0.15) is 9.84 Å². The van der Waals surface area contributed by atoms with Crippen LogP contribution in [0.1, 0.15) is 45.4 Å². The summed E-state index contributed by atoms with van der Waals surface area (Å²) in [6.45, 7) is 4.26. The molecule has 0 radical (unpaired) electrons. The maximum absolute atomic E-state index is 11.8. The SMILES string of the molecule is CCCNC(CCN(C)C)C1CCCC(S(C)(=O)=O)C1. The van der Waals surface area contributed by atoms with Crippen LogP contribution in [0.25, 0.3) is 0 Å². The predicted octanol–water partition coefficient (Wildman–Crippen LogP) is 1.91. The van der Waals surface area contributed by atoms with Crippen molar-refractivity contribution in [2.75, 3.05) is 33.4 Å². The Bertz CT molecular complexity index is 368. The van der Waals surface area contributed by atoms with Gasteiger partial charge in [-0.15, -0.1) is 0 Å². The lowest BCUT2D eigenvalue weighted by atomic mass is 9.82. The van der Waals surface area contributed by atoms with E-state index in [0.29, 0.717) is 12.0 Å². The molecule has 5 heteroatoms. The van der Waals surface area contributed by atoms with Crippen molar-refractivity contribution in [3.63, 3.8) is 0 Å². The number of hydrogen-bond acceptors (Lipinski definition) is 4. The number of hydrogen-bond donors (Lipinski definition) is 1. The molecule has 1 N–H and O–H groups in total. The molecule has 1 aliphatic carbocycles. The molecular formula is C15H32N2O2S. The molecule has 0 aromatic rings. The van der Waals surface area contributed by atoms with Crippen LogP contribution in [-0.2, 0) is 9.84 Å². The average molecular weight is 305 g/mol. The summed E-state index contributed by atoms with van der Waals surface area (Å²) in [6.07, 6.45) is 7.54. The van der Waals surface area contributed by atoms with E-state index in [9.17, 15) is 8.42 Å². The van der Waals surface area contributed by atoms with Gasteiger partial charge in [0.15, 0.2) is 0 Å². The van der Waals surface area contributed by atoms with Crippen LogP contribution in [0.4, 0.5) is 0 Å². The Kier molecular flexibility index (Phi) is 7.48. The van der Waals surface area contributed by atoms with Gasteiger partial charge in [-0.1, -0.05) is 13.3 Å². The van der Waals surface area contributed by atoms with Gasteiger partial charge in [-0.2, -0.15) is 0 Å². The molecular weight excluding hydrogens is 272 g/mol. The third-order valence-electron chi connectivity index (χ3n) is 4.39. The van der Waals surface area contributed by atoms with Gasteiger partial charge in [0.05, 0.1) is 5.25 Å². The van der Waals surface area contributed by atoms with Gasteiger partial charge >= 0.3 is 0 Å². The van der Waals surface area contributed by atoms with Crippen molar-refractivity contribution in [2.24, 2.45) is 5.92 Å².